The summed E-state index contributed by atoms with van der Waals surface area (Å²) in [7, 11) is 0. The lowest BCUT2D eigenvalue weighted by Crippen LogP contribution is -2.00. The number of hydrazone groups is 1. The molecule has 0 fully saturated rings. The van der Waals surface area contributed by atoms with E-state index in [9.17, 15) is 9.18 Å². The number of carbonyl (C=O) groups is 1. The summed E-state index contributed by atoms with van der Waals surface area (Å²) in [6.07, 6.45) is 1.66. The second-order valence-corrected chi connectivity index (χ2v) is 5.73. The fourth-order valence-corrected chi connectivity index (χ4v) is 2.53. The second kappa shape index (κ2) is 7.18. The van der Waals surface area contributed by atoms with Crippen LogP contribution < -0.4 is 5.43 Å². The molecule has 26 heavy (non-hydrogen) atoms. The lowest BCUT2D eigenvalue weighted by atomic mass is 10.2. The molecule has 0 aliphatic rings. The van der Waals surface area contributed by atoms with E-state index in [-0.39, 0.29) is 11.4 Å². The van der Waals surface area contributed by atoms with Crippen molar-refractivity contribution in [1.82, 2.24) is 9.78 Å². The number of aromatic carboxylic acids is 1. The summed E-state index contributed by atoms with van der Waals surface area (Å²) in [5.41, 5.74) is 7.03. The van der Waals surface area contributed by atoms with Gasteiger partial charge in [-0.15, -0.1) is 0 Å². The number of aryl methyl sites for hydroxylation is 1. The van der Waals surface area contributed by atoms with Crippen molar-refractivity contribution in [3.63, 3.8) is 0 Å². The van der Waals surface area contributed by atoms with Crippen LogP contribution in [0.5, 0.6) is 0 Å². The number of benzene rings is 2. The monoisotopic (exact) mass is 352 g/mol. The summed E-state index contributed by atoms with van der Waals surface area (Å²) in [6.45, 7) is 3.78. The molecule has 6 nitrogen and oxygen atoms in total. The quantitative estimate of drug-likeness (QED) is 0.541. The van der Waals surface area contributed by atoms with E-state index in [0.29, 0.717) is 5.69 Å². The molecule has 0 unspecified atom stereocenters. The Morgan fingerprint density at radius 2 is 1.81 bits per heavy atom. The largest absolute Gasteiger partial charge is 0.478 e. The highest BCUT2D eigenvalue weighted by atomic mass is 19.1. The maximum absolute atomic E-state index is 13.1. The number of aromatic nitrogens is 2. The van der Waals surface area contributed by atoms with E-state index in [0.717, 1.165) is 22.6 Å². The molecule has 0 spiro atoms. The van der Waals surface area contributed by atoms with Gasteiger partial charge in [-0.1, -0.05) is 0 Å². The number of halogens is 1. The summed E-state index contributed by atoms with van der Waals surface area (Å²) in [6, 6.07) is 12.4. The van der Waals surface area contributed by atoms with Gasteiger partial charge in [0.15, 0.2) is 0 Å². The van der Waals surface area contributed by atoms with Crippen molar-refractivity contribution in [2.75, 3.05) is 5.43 Å². The van der Waals surface area contributed by atoms with Crippen LogP contribution in [0, 0.1) is 19.7 Å². The maximum atomic E-state index is 13.1. The topological polar surface area (TPSA) is 79.5 Å². The van der Waals surface area contributed by atoms with Gasteiger partial charge in [-0.3, -0.25) is 5.43 Å². The fraction of sp³-hybridized carbons (Fsp3) is 0.105. The van der Waals surface area contributed by atoms with Crippen molar-refractivity contribution in [3.8, 4) is 5.69 Å². The normalized spacial score (nSPS) is 11.0. The average molecular weight is 352 g/mol. The zero-order valence-electron chi connectivity index (χ0n) is 14.3. The van der Waals surface area contributed by atoms with Gasteiger partial charge >= 0.3 is 5.97 Å². The Morgan fingerprint density at radius 1 is 1.15 bits per heavy atom. The van der Waals surface area contributed by atoms with Crippen LogP contribution >= 0.6 is 0 Å². The first-order valence-corrected chi connectivity index (χ1v) is 7.90. The molecular weight excluding hydrogens is 335 g/mol. The van der Waals surface area contributed by atoms with Crippen LogP contribution in [0.25, 0.3) is 5.69 Å². The number of rotatable bonds is 5. The Bertz CT molecular complexity index is 960. The van der Waals surface area contributed by atoms with Crippen LogP contribution in [0.4, 0.5) is 10.1 Å². The molecule has 0 radical (unpaired) electrons. The third-order valence-electron chi connectivity index (χ3n) is 3.94. The Balaban J connectivity index is 1.78. The van der Waals surface area contributed by atoms with Gasteiger partial charge in [0.1, 0.15) is 5.82 Å². The van der Waals surface area contributed by atoms with Gasteiger partial charge in [0.2, 0.25) is 0 Å². The Hall–Kier alpha value is -3.48. The highest BCUT2D eigenvalue weighted by Gasteiger charge is 2.11. The molecule has 2 N–H and O–H groups in total. The molecule has 0 saturated heterocycles. The van der Waals surface area contributed by atoms with Crippen molar-refractivity contribution in [2.24, 2.45) is 5.10 Å². The molecule has 1 aromatic heterocycles. The van der Waals surface area contributed by atoms with Crippen LogP contribution in [-0.2, 0) is 0 Å². The van der Waals surface area contributed by atoms with E-state index in [1.165, 1.54) is 24.3 Å². The summed E-state index contributed by atoms with van der Waals surface area (Å²) in [5, 5.41) is 17.6. The van der Waals surface area contributed by atoms with Crippen molar-refractivity contribution in [1.29, 1.82) is 0 Å². The molecule has 0 amide bonds. The van der Waals surface area contributed by atoms with Crippen molar-refractivity contribution in [3.05, 3.63) is 76.9 Å². The zero-order chi connectivity index (χ0) is 18.7. The van der Waals surface area contributed by atoms with Gasteiger partial charge in [-0.2, -0.15) is 10.2 Å². The minimum absolute atomic E-state index is 0.215. The highest BCUT2D eigenvalue weighted by Crippen LogP contribution is 2.17. The first-order chi connectivity index (χ1) is 12.5. The van der Waals surface area contributed by atoms with Crippen molar-refractivity contribution < 1.29 is 14.3 Å². The Morgan fingerprint density at radius 3 is 2.42 bits per heavy atom. The molecule has 132 valence electrons. The minimum atomic E-state index is -0.973. The van der Waals surface area contributed by atoms with Gasteiger partial charge in [-0.05, 0) is 62.4 Å². The number of nitrogens with one attached hydrogen (secondary N) is 1. The third kappa shape index (κ3) is 3.61. The summed E-state index contributed by atoms with van der Waals surface area (Å²) in [5.74, 6) is -1.27. The van der Waals surface area contributed by atoms with Crippen molar-refractivity contribution >= 4 is 17.9 Å². The van der Waals surface area contributed by atoms with E-state index in [2.05, 4.69) is 15.6 Å². The molecule has 0 bridgehead atoms. The molecule has 0 aliphatic carbocycles. The summed E-state index contributed by atoms with van der Waals surface area (Å²) in [4.78, 5) is 10.8. The molecule has 2 aromatic carbocycles. The Labute approximate surface area is 149 Å². The van der Waals surface area contributed by atoms with Gasteiger partial charge in [-0.25, -0.2) is 13.9 Å². The lowest BCUT2D eigenvalue weighted by molar-refractivity contribution is 0.0697. The number of anilines is 1. The standard InChI is InChI=1S/C19H17FN4O2/c1-12-18(11-21-22-16-7-3-14(4-8-16)19(25)26)13(2)24(23-12)17-9-5-15(20)6-10-17/h3-11,22H,1-2H3,(H,25,26)/b21-11-. The molecule has 3 rings (SSSR count). The molecular formula is C19H17FN4O2. The molecule has 0 saturated carbocycles. The van der Waals surface area contributed by atoms with E-state index >= 15 is 0 Å². The van der Waals surface area contributed by atoms with E-state index in [4.69, 9.17) is 5.11 Å². The van der Waals surface area contributed by atoms with Crippen LogP contribution in [-0.4, -0.2) is 27.1 Å². The number of nitrogens with zero attached hydrogens (tertiary/aromatic N) is 3. The van der Waals surface area contributed by atoms with Gasteiger partial charge in [0.25, 0.3) is 0 Å². The van der Waals surface area contributed by atoms with Gasteiger partial charge in [0, 0.05) is 5.56 Å². The van der Waals surface area contributed by atoms with Crippen LogP contribution in [0.15, 0.2) is 53.6 Å². The van der Waals surface area contributed by atoms with E-state index in [1.807, 2.05) is 13.8 Å². The zero-order valence-corrected chi connectivity index (χ0v) is 14.3. The molecule has 0 atom stereocenters. The van der Waals surface area contributed by atoms with Crippen LogP contribution in [0.1, 0.15) is 27.3 Å². The van der Waals surface area contributed by atoms with E-state index < -0.39 is 5.97 Å². The SMILES string of the molecule is Cc1nn(-c2ccc(F)cc2)c(C)c1/C=N\Nc1ccc(C(=O)O)cc1. The third-order valence-corrected chi connectivity index (χ3v) is 3.94. The van der Waals surface area contributed by atoms with Crippen molar-refractivity contribution in [2.45, 2.75) is 13.8 Å². The average Bonchev–Trinajstić information content (AvgIpc) is 2.91. The number of carboxylic acid groups (broad SMARTS) is 1. The summed E-state index contributed by atoms with van der Waals surface area (Å²) >= 11 is 0. The smallest absolute Gasteiger partial charge is 0.335 e. The molecule has 7 heteroatoms. The molecule has 3 aromatic rings. The lowest BCUT2D eigenvalue weighted by Gasteiger charge is -2.04. The van der Waals surface area contributed by atoms with Gasteiger partial charge in [0.05, 0.1) is 34.5 Å². The first-order valence-electron chi connectivity index (χ1n) is 7.90. The second-order valence-electron chi connectivity index (χ2n) is 5.73. The first kappa shape index (κ1) is 17.3. The number of hydrogen-bond donors (Lipinski definition) is 2. The predicted octanol–water partition coefficient (Wildman–Crippen LogP) is 3.77. The fourth-order valence-electron chi connectivity index (χ4n) is 2.53. The molecule has 1 heterocycles. The van der Waals surface area contributed by atoms with Crippen LogP contribution in [0.3, 0.4) is 0 Å². The summed E-state index contributed by atoms with van der Waals surface area (Å²) < 4.78 is 14.8. The predicted molar refractivity (Wildman–Crippen MR) is 97.6 cm³/mol. The highest BCUT2D eigenvalue weighted by molar-refractivity contribution is 5.88. The number of carboxylic acids is 1. The Kier molecular flexibility index (Phi) is 4.79. The van der Waals surface area contributed by atoms with Crippen LogP contribution in [0.2, 0.25) is 0 Å². The minimum Gasteiger partial charge on any atom is -0.478 e. The maximum Gasteiger partial charge on any atom is 0.335 e. The van der Waals surface area contributed by atoms with Gasteiger partial charge < -0.3 is 5.11 Å². The molecule has 0 aliphatic heterocycles. The van der Waals surface area contributed by atoms with E-state index in [1.54, 1.807) is 35.2 Å². The number of hydrogen-bond acceptors (Lipinski definition) is 4.